The first kappa shape index (κ1) is 15.4. The summed E-state index contributed by atoms with van der Waals surface area (Å²) in [6, 6.07) is 12.1. The number of benzene rings is 2. The lowest BCUT2D eigenvalue weighted by Crippen LogP contribution is -2.28. The maximum atomic E-state index is 13.4. The van der Waals surface area contributed by atoms with Crippen molar-refractivity contribution in [2.45, 2.75) is 0 Å². The van der Waals surface area contributed by atoms with Crippen LogP contribution in [-0.4, -0.2) is 18.4 Å². The van der Waals surface area contributed by atoms with Crippen LogP contribution in [0.2, 0.25) is 0 Å². The van der Waals surface area contributed by atoms with Crippen LogP contribution in [0.3, 0.4) is 0 Å². The van der Waals surface area contributed by atoms with E-state index in [0.29, 0.717) is 16.9 Å². The quantitative estimate of drug-likeness (QED) is 0.603. The van der Waals surface area contributed by atoms with Gasteiger partial charge in [-0.15, -0.1) is 0 Å². The first-order valence-corrected chi connectivity index (χ1v) is 6.46. The number of halogens is 1. The average molecular weight is 299 g/mol. The van der Waals surface area contributed by atoms with E-state index in [1.54, 1.807) is 18.2 Å². The molecule has 0 radical (unpaired) electrons. The minimum Gasteiger partial charge on any atom is -0.546 e. The highest BCUT2D eigenvalue weighted by molar-refractivity contribution is 6.06. The molecular formula is C17H12FO4-. The first-order chi connectivity index (χ1) is 10.6. The number of carboxylic acids is 1. The maximum Gasteiger partial charge on any atom is 0.185 e. The van der Waals surface area contributed by atoms with Crippen molar-refractivity contribution in [3.63, 3.8) is 0 Å². The lowest BCUT2D eigenvalue weighted by Gasteiger charge is -2.06. The van der Waals surface area contributed by atoms with E-state index in [1.165, 1.54) is 42.5 Å². The van der Waals surface area contributed by atoms with Gasteiger partial charge in [0.2, 0.25) is 0 Å². The molecule has 0 spiro atoms. The molecule has 0 heterocycles. The molecule has 0 unspecified atom stereocenters. The third kappa shape index (κ3) is 4.28. The van der Waals surface area contributed by atoms with Gasteiger partial charge >= 0.3 is 0 Å². The molecule has 2 aromatic carbocycles. The van der Waals surface area contributed by atoms with Crippen LogP contribution in [0.5, 0.6) is 5.75 Å². The number of rotatable bonds is 6. The van der Waals surface area contributed by atoms with Gasteiger partial charge in [-0.1, -0.05) is 18.2 Å². The fourth-order valence-electron chi connectivity index (χ4n) is 1.73. The zero-order valence-corrected chi connectivity index (χ0v) is 11.5. The molecule has 2 aromatic rings. The Bertz CT molecular complexity index is 705. The Balaban J connectivity index is 2.04. The molecule has 5 heteroatoms. The van der Waals surface area contributed by atoms with E-state index in [0.717, 1.165) is 0 Å². The molecule has 0 N–H and O–H groups in total. The maximum absolute atomic E-state index is 13.4. The van der Waals surface area contributed by atoms with Crippen LogP contribution in [-0.2, 0) is 4.79 Å². The second-order valence-electron chi connectivity index (χ2n) is 4.40. The van der Waals surface area contributed by atoms with Crippen LogP contribution >= 0.6 is 0 Å². The Morgan fingerprint density at radius 3 is 2.41 bits per heavy atom. The van der Waals surface area contributed by atoms with Crippen molar-refractivity contribution in [2.75, 3.05) is 6.61 Å². The van der Waals surface area contributed by atoms with Crippen LogP contribution in [0.25, 0.3) is 6.08 Å². The van der Waals surface area contributed by atoms with Gasteiger partial charge < -0.3 is 14.6 Å². The molecule has 0 saturated carbocycles. The van der Waals surface area contributed by atoms with Gasteiger partial charge in [-0.05, 0) is 42.5 Å². The summed E-state index contributed by atoms with van der Waals surface area (Å²) in [7, 11) is 0. The Hall–Kier alpha value is -2.95. The Labute approximate surface area is 126 Å². The van der Waals surface area contributed by atoms with Crippen LogP contribution in [0.1, 0.15) is 15.9 Å². The van der Waals surface area contributed by atoms with Crippen molar-refractivity contribution in [3.8, 4) is 5.75 Å². The molecule has 112 valence electrons. The molecule has 2 rings (SSSR count). The number of carbonyl (C=O) groups excluding carboxylic acids is 2. The van der Waals surface area contributed by atoms with Gasteiger partial charge in [-0.3, -0.25) is 4.79 Å². The molecule has 0 aliphatic heterocycles. The summed E-state index contributed by atoms with van der Waals surface area (Å²) in [6.07, 6.45) is 2.67. The van der Waals surface area contributed by atoms with Gasteiger partial charge in [-0.25, -0.2) is 4.39 Å². The molecule has 0 aliphatic carbocycles. The van der Waals surface area contributed by atoms with Gasteiger partial charge in [0.25, 0.3) is 0 Å². The number of carboxylic acid groups (broad SMARTS) is 1. The monoisotopic (exact) mass is 299 g/mol. The molecule has 0 atom stereocenters. The Morgan fingerprint density at radius 1 is 1.09 bits per heavy atom. The average Bonchev–Trinajstić information content (AvgIpc) is 2.52. The molecule has 0 fully saturated rings. The number of allylic oxidation sites excluding steroid dienone is 1. The molecule has 22 heavy (non-hydrogen) atoms. The number of aliphatic carboxylic acids is 1. The summed E-state index contributed by atoms with van der Waals surface area (Å²) in [4.78, 5) is 22.2. The topological polar surface area (TPSA) is 66.4 Å². The summed E-state index contributed by atoms with van der Waals surface area (Å²) in [6.45, 7) is -0.555. The smallest absolute Gasteiger partial charge is 0.185 e. The van der Waals surface area contributed by atoms with Crippen molar-refractivity contribution >= 4 is 17.8 Å². The van der Waals surface area contributed by atoms with Gasteiger partial charge in [0.15, 0.2) is 5.78 Å². The Morgan fingerprint density at radius 2 is 1.77 bits per heavy atom. The zero-order valence-electron chi connectivity index (χ0n) is 11.5. The first-order valence-electron chi connectivity index (χ1n) is 6.46. The van der Waals surface area contributed by atoms with E-state index >= 15 is 0 Å². The SMILES string of the molecule is O=C([O-])COc1ccc(C(=O)/C=C/c2ccccc2F)cc1. The molecule has 0 aromatic heterocycles. The minimum atomic E-state index is -1.33. The molecule has 0 amide bonds. The standard InChI is InChI=1S/C17H13FO4/c18-15-4-2-1-3-12(15)7-10-16(19)13-5-8-14(9-6-13)22-11-17(20)21/h1-10H,11H2,(H,20,21)/p-1/b10-7+. The van der Waals surface area contributed by atoms with E-state index in [-0.39, 0.29) is 5.78 Å². The largest absolute Gasteiger partial charge is 0.546 e. The number of carbonyl (C=O) groups is 2. The van der Waals surface area contributed by atoms with Crippen LogP contribution in [0.15, 0.2) is 54.6 Å². The predicted octanol–water partition coefficient (Wildman–Crippen LogP) is 1.85. The molecular weight excluding hydrogens is 287 g/mol. The highest BCUT2D eigenvalue weighted by atomic mass is 19.1. The van der Waals surface area contributed by atoms with E-state index in [1.807, 2.05) is 0 Å². The predicted molar refractivity (Wildman–Crippen MR) is 76.7 cm³/mol. The van der Waals surface area contributed by atoms with E-state index in [2.05, 4.69) is 0 Å². The number of ether oxygens (including phenoxy) is 1. The van der Waals surface area contributed by atoms with Gasteiger partial charge in [0.1, 0.15) is 18.2 Å². The summed E-state index contributed by atoms with van der Waals surface area (Å²) in [5, 5.41) is 10.3. The van der Waals surface area contributed by atoms with Crippen molar-refractivity contribution in [2.24, 2.45) is 0 Å². The fraction of sp³-hybridized carbons (Fsp3) is 0.0588. The van der Waals surface area contributed by atoms with Crippen molar-refractivity contribution < 1.29 is 23.8 Å². The third-order valence-electron chi connectivity index (χ3n) is 2.82. The third-order valence-corrected chi connectivity index (χ3v) is 2.82. The van der Waals surface area contributed by atoms with Gasteiger partial charge in [0.05, 0.1) is 5.97 Å². The number of hydrogen-bond acceptors (Lipinski definition) is 4. The van der Waals surface area contributed by atoms with Crippen LogP contribution < -0.4 is 9.84 Å². The minimum absolute atomic E-state index is 0.297. The summed E-state index contributed by atoms with van der Waals surface area (Å²) < 4.78 is 18.3. The summed E-state index contributed by atoms with van der Waals surface area (Å²) in [5.74, 6) is -1.71. The fourth-order valence-corrected chi connectivity index (χ4v) is 1.73. The Kier molecular flexibility index (Phi) is 5.03. The second-order valence-corrected chi connectivity index (χ2v) is 4.40. The summed E-state index contributed by atoms with van der Waals surface area (Å²) in [5.41, 5.74) is 0.707. The molecule has 0 bridgehead atoms. The van der Waals surface area contributed by atoms with Crippen LogP contribution in [0, 0.1) is 5.82 Å². The van der Waals surface area contributed by atoms with Crippen molar-refractivity contribution in [1.29, 1.82) is 0 Å². The highest BCUT2D eigenvalue weighted by Crippen LogP contribution is 2.14. The normalized spacial score (nSPS) is 10.6. The lowest BCUT2D eigenvalue weighted by molar-refractivity contribution is -0.307. The van der Waals surface area contributed by atoms with Crippen molar-refractivity contribution in [1.82, 2.24) is 0 Å². The highest BCUT2D eigenvalue weighted by Gasteiger charge is 2.03. The van der Waals surface area contributed by atoms with E-state index < -0.39 is 18.4 Å². The van der Waals surface area contributed by atoms with E-state index in [4.69, 9.17) is 4.74 Å². The van der Waals surface area contributed by atoms with Crippen LogP contribution in [0.4, 0.5) is 4.39 Å². The molecule has 0 saturated heterocycles. The lowest BCUT2D eigenvalue weighted by atomic mass is 10.1. The molecule has 4 nitrogen and oxygen atoms in total. The zero-order chi connectivity index (χ0) is 15.9. The second kappa shape index (κ2) is 7.17. The van der Waals surface area contributed by atoms with Crippen molar-refractivity contribution in [3.05, 3.63) is 71.6 Å². The van der Waals surface area contributed by atoms with E-state index in [9.17, 15) is 19.1 Å². The number of ketones is 1. The summed E-state index contributed by atoms with van der Waals surface area (Å²) >= 11 is 0. The van der Waals surface area contributed by atoms with Gasteiger partial charge in [0, 0.05) is 11.1 Å². The number of hydrogen-bond donors (Lipinski definition) is 0. The van der Waals surface area contributed by atoms with Gasteiger partial charge in [-0.2, -0.15) is 0 Å². The molecule has 0 aliphatic rings.